The lowest BCUT2D eigenvalue weighted by molar-refractivity contribution is 0.0290. The second-order valence-corrected chi connectivity index (χ2v) is 6.14. The fourth-order valence-corrected chi connectivity index (χ4v) is 2.39. The smallest absolute Gasteiger partial charge is 0.410 e. The fourth-order valence-electron chi connectivity index (χ4n) is 2.39. The number of hydrogen-bond acceptors (Lipinski definition) is 4. The molecule has 18 heavy (non-hydrogen) atoms. The lowest BCUT2D eigenvalue weighted by Crippen LogP contribution is -2.42. The van der Waals surface area contributed by atoms with Crippen LogP contribution in [0.4, 0.5) is 4.79 Å². The number of nitrogens with one attached hydrogen (secondary N) is 1. The average Bonchev–Trinajstić information content (AvgIpc) is 2.86. The number of likely N-dealkylation sites (tertiary alicyclic amines) is 1. The molecule has 5 nitrogen and oxygen atoms in total. The van der Waals surface area contributed by atoms with Crippen LogP contribution in [0.3, 0.4) is 0 Å². The van der Waals surface area contributed by atoms with Crippen LogP contribution in [-0.2, 0) is 9.47 Å². The molecule has 2 saturated heterocycles. The highest BCUT2D eigenvalue weighted by atomic mass is 16.6. The van der Waals surface area contributed by atoms with E-state index in [1.54, 1.807) is 4.90 Å². The molecule has 0 saturated carbocycles. The summed E-state index contributed by atoms with van der Waals surface area (Å²) >= 11 is 0. The van der Waals surface area contributed by atoms with Crippen molar-refractivity contribution < 1.29 is 14.3 Å². The highest BCUT2D eigenvalue weighted by molar-refractivity contribution is 5.68. The molecule has 104 valence electrons. The number of nitrogens with zero attached hydrogens (tertiary/aromatic N) is 1. The summed E-state index contributed by atoms with van der Waals surface area (Å²) in [5, 5.41) is 3.55. The highest BCUT2D eigenvalue weighted by Gasteiger charge is 2.31. The number of hydrogen-bond donors (Lipinski definition) is 1. The maximum absolute atomic E-state index is 11.9. The van der Waals surface area contributed by atoms with Crippen LogP contribution < -0.4 is 5.32 Å². The Morgan fingerprint density at radius 3 is 2.72 bits per heavy atom. The summed E-state index contributed by atoms with van der Waals surface area (Å²) in [4.78, 5) is 13.7. The van der Waals surface area contributed by atoms with Gasteiger partial charge in [-0.25, -0.2) is 4.79 Å². The molecule has 1 N–H and O–H groups in total. The van der Waals surface area contributed by atoms with Crippen molar-refractivity contribution in [1.29, 1.82) is 0 Å². The minimum Gasteiger partial charge on any atom is -0.444 e. The molecule has 5 heteroatoms. The van der Waals surface area contributed by atoms with E-state index in [9.17, 15) is 4.79 Å². The Morgan fingerprint density at radius 1 is 1.33 bits per heavy atom. The summed E-state index contributed by atoms with van der Waals surface area (Å²) in [5.74, 6) is 0. The normalized spacial score (nSPS) is 28.7. The van der Waals surface area contributed by atoms with Crippen molar-refractivity contribution in [3.8, 4) is 0 Å². The van der Waals surface area contributed by atoms with Crippen molar-refractivity contribution >= 4 is 6.09 Å². The van der Waals surface area contributed by atoms with Crippen LogP contribution in [0.5, 0.6) is 0 Å². The monoisotopic (exact) mass is 256 g/mol. The second kappa shape index (κ2) is 5.45. The Balaban J connectivity index is 1.75. The Bertz CT molecular complexity index is 295. The molecule has 0 spiro atoms. The molecule has 2 fully saturated rings. The van der Waals surface area contributed by atoms with Crippen LogP contribution in [-0.4, -0.2) is 55.0 Å². The van der Waals surface area contributed by atoms with E-state index in [1.165, 1.54) is 0 Å². The second-order valence-electron chi connectivity index (χ2n) is 6.14. The van der Waals surface area contributed by atoms with Gasteiger partial charge in [-0.05, 0) is 33.6 Å². The van der Waals surface area contributed by atoms with Crippen LogP contribution in [0.15, 0.2) is 0 Å². The zero-order chi connectivity index (χ0) is 13.2. The number of amides is 1. The number of rotatable bonds is 2. The summed E-state index contributed by atoms with van der Waals surface area (Å²) in [7, 11) is 0. The van der Waals surface area contributed by atoms with Gasteiger partial charge in [-0.1, -0.05) is 0 Å². The molecule has 0 radical (unpaired) electrons. The van der Waals surface area contributed by atoms with Crippen molar-refractivity contribution in [2.75, 3.05) is 26.3 Å². The van der Waals surface area contributed by atoms with E-state index in [4.69, 9.17) is 9.47 Å². The summed E-state index contributed by atoms with van der Waals surface area (Å²) in [6.07, 6.45) is 1.87. The zero-order valence-corrected chi connectivity index (χ0v) is 11.6. The fraction of sp³-hybridized carbons (Fsp3) is 0.923. The topological polar surface area (TPSA) is 50.8 Å². The largest absolute Gasteiger partial charge is 0.444 e. The van der Waals surface area contributed by atoms with E-state index in [0.717, 1.165) is 39.1 Å². The molecular weight excluding hydrogens is 232 g/mol. The van der Waals surface area contributed by atoms with Gasteiger partial charge >= 0.3 is 6.09 Å². The molecule has 1 amide bonds. The highest BCUT2D eigenvalue weighted by Crippen LogP contribution is 2.16. The SMILES string of the molecule is CC(C)(C)OC(=O)N1CCC(NC2CCOC2)C1. The van der Waals surface area contributed by atoms with Gasteiger partial charge in [0.2, 0.25) is 0 Å². The van der Waals surface area contributed by atoms with Crippen molar-refractivity contribution in [2.45, 2.75) is 51.3 Å². The van der Waals surface area contributed by atoms with Gasteiger partial charge in [0.1, 0.15) is 5.60 Å². The third kappa shape index (κ3) is 3.85. The molecular formula is C13H24N2O3. The summed E-state index contributed by atoms with van der Waals surface area (Å²) < 4.78 is 10.7. The summed E-state index contributed by atoms with van der Waals surface area (Å²) in [5.41, 5.74) is -0.415. The van der Waals surface area contributed by atoms with Gasteiger partial charge in [0.15, 0.2) is 0 Å². The first-order valence-corrected chi connectivity index (χ1v) is 6.76. The van der Waals surface area contributed by atoms with Gasteiger partial charge < -0.3 is 19.7 Å². The van der Waals surface area contributed by atoms with Gasteiger partial charge in [0.25, 0.3) is 0 Å². The van der Waals surface area contributed by atoms with Crippen LogP contribution in [0.25, 0.3) is 0 Å². The van der Waals surface area contributed by atoms with E-state index < -0.39 is 5.60 Å². The molecule has 0 aromatic heterocycles. The lowest BCUT2D eigenvalue weighted by Gasteiger charge is -2.24. The van der Waals surface area contributed by atoms with E-state index >= 15 is 0 Å². The maximum atomic E-state index is 11.9. The van der Waals surface area contributed by atoms with Gasteiger partial charge in [-0.3, -0.25) is 0 Å². The third-order valence-electron chi connectivity index (χ3n) is 3.24. The molecule has 2 rings (SSSR count). The van der Waals surface area contributed by atoms with Crippen LogP contribution in [0.1, 0.15) is 33.6 Å². The standard InChI is InChI=1S/C13H24N2O3/c1-13(2,3)18-12(16)15-6-4-10(8-15)14-11-5-7-17-9-11/h10-11,14H,4-9H2,1-3H3. The minimum absolute atomic E-state index is 0.200. The van der Waals surface area contributed by atoms with Gasteiger partial charge in [0, 0.05) is 31.8 Å². The Kier molecular flexibility index (Phi) is 4.12. The third-order valence-corrected chi connectivity index (χ3v) is 3.24. The molecule has 0 aromatic rings. The molecule has 0 bridgehead atoms. The summed E-state index contributed by atoms with van der Waals surface area (Å²) in [6.45, 7) is 8.85. The van der Waals surface area contributed by atoms with Crippen molar-refractivity contribution in [1.82, 2.24) is 10.2 Å². The van der Waals surface area contributed by atoms with Gasteiger partial charge in [-0.2, -0.15) is 0 Å². The van der Waals surface area contributed by atoms with Crippen molar-refractivity contribution in [3.63, 3.8) is 0 Å². The predicted molar refractivity (Wildman–Crippen MR) is 68.6 cm³/mol. The van der Waals surface area contributed by atoms with Crippen molar-refractivity contribution in [2.24, 2.45) is 0 Å². The quantitative estimate of drug-likeness (QED) is 0.811. The van der Waals surface area contributed by atoms with Crippen LogP contribution >= 0.6 is 0 Å². The molecule has 0 aliphatic carbocycles. The number of carbonyl (C=O) groups is 1. The van der Waals surface area contributed by atoms with E-state index in [1.807, 2.05) is 20.8 Å². The molecule has 2 aliphatic heterocycles. The lowest BCUT2D eigenvalue weighted by atomic mass is 10.2. The summed E-state index contributed by atoms with van der Waals surface area (Å²) in [6, 6.07) is 0.831. The Hall–Kier alpha value is -0.810. The van der Waals surface area contributed by atoms with E-state index in [2.05, 4.69) is 5.32 Å². The average molecular weight is 256 g/mol. The minimum atomic E-state index is -0.415. The molecule has 2 atom stereocenters. The molecule has 0 aromatic carbocycles. The maximum Gasteiger partial charge on any atom is 0.410 e. The van der Waals surface area contributed by atoms with E-state index in [0.29, 0.717) is 12.1 Å². The van der Waals surface area contributed by atoms with Crippen molar-refractivity contribution in [3.05, 3.63) is 0 Å². The van der Waals surface area contributed by atoms with Gasteiger partial charge in [-0.15, -0.1) is 0 Å². The van der Waals surface area contributed by atoms with Crippen LogP contribution in [0.2, 0.25) is 0 Å². The molecule has 2 heterocycles. The Morgan fingerprint density at radius 2 is 2.11 bits per heavy atom. The first-order chi connectivity index (χ1) is 8.44. The first kappa shape index (κ1) is 13.6. The molecule has 2 unspecified atom stereocenters. The first-order valence-electron chi connectivity index (χ1n) is 6.76. The van der Waals surface area contributed by atoms with Crippen LogP contribution in [0, 0.1) is 0 Å². The number of carbonyl (C=O) groups excluding carboxylic acids is 1. The van der Waals surface area contributed by atoms with E-state index in [-0.39, 0.29) is 6.09 Å². The predicted octanol–water partition coefficient (Wildman–Crippen LogP) is 1.37. The molecule has 2 aliphatic rings. The number of ether oxygens (including phenoxy) is 2. The zero-order valence-electron chi connectivity index (χ0n) is 11.6. The Labute approximate surface area is 109 Å². The van der Waals surface area contributed by atoms with Gasteiger partial charge in [0.05, 0.1) is 6.61 Å².